The monoisotopic (exact) mass is 368 g/mol. The van der Waals surface area contributed by atoms with E-state index in [2.05, 4.69) is 23.8 Å². The van der Waals surface area contributed by atoms with Gasteiger partial charge in [-0.2, -0.15) is 4.98 Å². The van der Waals surface area contributed by atoms with Gasteiger partial charge < -0.3 is 4.57 Å². The Labute approximate surface area is 156 Å². The molecule has 0 aliphatic rings. The number of hydrogen-bond donors (Lipinski definition) is 0. The molecule has 0 spiro atoms. The topological polar surface area (TPSA) is 61.2 Å². The Kier molecular flexibility index (Phi) is 5.35. The van der Waals surface area contributed by atoms with Crippen molar-refractivity contribution >= 4 is 16.9 Å². The Morgan fingerprint density at radius 3 is 2.48 bits per heavy atom. The second-order valence-corrected chi connectivity index (χ2v) is 6.84. The Balaban J connectivity index is 2.16. The minimum absolute atomic E-state index is 0.301. The molecule has 1 heterocycles. The molecule has 3 aromatic rings. The highest BCUT2D eigenvalue weighted by Gasteiger charge is 2.28. The van der Waals surface area contributed by atoms with Crippen LogP contribution in [0.4, 0.5) is 4.53 Å². The number of rotatable bonds is 6. The molecule has 0 fully saturated rings. The molecule has 0 saturated carbocycles. The first kappa shape index (κ1) is 18.8. The molecular weight excluding hydrogens is 347 g/mol. The van der Waals surface area contributed by atoms with Gasteiger partial charge in [0.1, 0.15) is 12.4 Å². The van der Waals surface area contributed by atoms with Crippen molar-refractivity contribution < 1.29 is 14.3 Å². The molecule has 3 rings (SSSR count). The molecule has 140 valence electrons. The highest BCUT2D eigenvalue weighted by atomic mass is 19.3. The van der Waals surface area contributed by atoms with Crippen LogP contribution in [-0.2, 0) is 28.1 Å². The van der Waals surface area contributed by atoms with Gasteiger partial charge in [0.15, 0.2) is 0 Å². The van der Waals surface area contributed by atoms with Crippen molar-refractivity contribution in [3.05, 3.63) is 76.3 Å². The Morgan fingerprint density at radius 1 is 1.15 bits per heavy atom. The lowest BCUT2D eigenvalue weighted by atomic mass is 9.77. The van der Waals surface area contributed by atoms with E-state index in [1.807, 2.05) is 30.3 Å². The zero-order valence-electron chi connectivity index (χ0n) is 15.3. The second kappa shape index (κ2) is 7.70. The highest BCUT2D eigenvalue weighted by molar-refractivity contribution is 5.80. The van der Waals surface area contributed by atoms with Crippen LogP contribution < -0.4 is 5.56 Å². The predicted molar refractivity (Wildman–Crippen MR) is 101 cm³/mol. The van der Waals surface area contributed by atoms with E-state index in [0.29, 0.717) is 23.1 Å². The molecule has 0 bridgehead atoms. The normalized spacial score (nSPS) is 13.3. The van der Waals surface area contributed by atoms with Crippen molar-refractivity contribution in [2.75, 3.05) is 0 Å². The third-order valence-corrected chi connectivity index (χ3v) is 5.14. The first-order valence-electron chi connectivity index (χ1n) is 8.84. The zero-order valence-corrected chi connectivity index (χ0v) is 15.3. The minimum Gasteiger partial charge on any atom is -0.318 e. The van der Waals surface area contributed by atoms with E-state index >= 15 is 0 Å². The van der Waals surface area contributed by atoms with Crippen molar-refractivity contribution in [2.24, 2.45) is 0 Å². The smallest absolute Gasteiger partial charge is 0.318 e. The van der Waals surface area contributed by atoms with E-state index in [0.717, 1.165) is 12.0 Å². The second-order valence-electron chi connectivity index (χ2n) is 6.84. The molecule has 2 aromatic carbocycles. The summed E-state index contributed by atoms with van der Waals surface area (Å²) >= 11 is 0. The van der Waals surface area contributed by atoms with Crippen LogP contribution in [0.5, 0.6) is 0 Å². The van der Waals surface area contributed by atoms with Crippen molar-refractivity contribution in [3.8, 4) is 0 Å². The lowest BCUT2D eigenvalue weighted by Crippen LogP contribution is -2.30. The standard InChI is InChI=1S/C21H21FN2O3/c1-3-21(2,15-9-5-4-6-10-15)13-18-23-20(26)16-11-7-8-12-17(16)24(18)14-19(25)27-22/h4-12H,3,13-14H2,1-2H3. The van der Waals surface area contributed by atoms with Crippen LogP contribution in [0.15, 0.2) is 59.4 Å². The number of carbonyl (C=O) groups excluding carboxylic acids is 1. The van der Waals surface area contributed by atoms with E-state index in [1.54, 1.807) is 28.8 Å². The van der Waals surface area contributed by atoms with Crippen LogP contribution >= 0.6 is 0 Å². The molecule has 0 aliphatic heterocycles. The van der Waals surface area contributed by atoms with E-state index in [1.165, 1.54) is 0 Å². The van der Waals surface area contributed by atoms with Gasteiger partial charge >= 0.3 is 5.97 Å². The molecule has 27 heavy (non-hydrogen) atoms. The fraction of sp³-hybridized carbons (Fsp3) is 0.286. The number of hydrogen-bond acceptors (Lipinski definition) is 4. The van der Waals surface area contributed by atoms with Crippen molar-refractivity contribution in [3.63, 3.8) is 0 Å². The lowest BCUT2D eigenvalue weighted by molar-refractivity contribution is -0.184. The molecule has 0 radical (unpaired) electrons. The quantitative estimate of drug-likeness (QED) is 0.665. The summed E-state index contributed by atoms with van der Waals surface area (Å²) in [5.41, 5.74) is 0.973. The summed E-state index contributed by atoms with van der Waals surface area (Å²) in [5.74, 6) is -0.609. The number of nitrogens with zero attached hydrogens (tertiary/aromatic N) is 2. The largest absolute Gasteiger partial charge is 0.368 e. The molecule has 5 nitrogen and oxygen atoms in total. The molecule has 1 aromatic heterocycles. The summed E-state index contributed by atoms with van der Waals surface area (Å²) in [5, 5.41) is 0.380. The van der Waals surface area contributed by atoms with E-state index in [9.17, 15) is 14.1 Å². The van der Waals surface area contributed by atoms with Gasteiger partial charge in [-0.05, 0) is 29.5 Å². The number of fused-ring (bicyclic) bond motifs is 1. The molecule has 0 N–H and O–H groups in total. The van der Waals surface area contributed by atoms with Crippen LogP contribution in [0.3, 0.4) is 0 Å². The highest BCUT2D eigenvalue weighted by Crippen LogP contribution is 2.31. The maximum absolute atomic E-state index is 12.5. The Morgan fingerprint density at radius 2 is 1.81 bits per heavy atom. The first-order valence-corrected chi connectivity index (χ1v) is 8.84. The molecular formula is C21H21FN2O3. The third kappa shape index (κ3) is 3.74. The van der Waals surface area contributed by atoms with Crippen molar-refractivity contribution in [2.45, 2.75) is 38.6 Å². The number of aromatic nitrogens is 2. The number of para-hydroxylation sites is 1. The molecule has 6 heteroatoms. The fourth-order valence-electron chi connectivity index (χ4n) is 3.35. The van der Waals surface area contributed by atoms with Crippen LogP contribution in [0.1, 0.15) is 31.7 Å². The van der Waals surface area contributed by atoms with Crippen LogP contribution in [0.2, 0.25) is 0 Å². The van der Waals surface area contributed by atoms with Gasteiger partial charge in [0.05, 0.1) is 10.9 Å². The number of halogens is 1. The number of benzene rings is 2. The Bertz CT molecular complexity index is 1020. The van der Waals surface area contributed by atoms with Gasteiger partial charge in [-0.25, -0.2) is 4.79 Å². The number of carbonyl (C=O) groups is 1. The van der Waals surface area contributed by atoms with Gasteiger partial charge in [0, 0.05) is 10.9 Å². The van der Waals surface area contributed by atoms with E-state index < -0.39 is 5.97 Å². The average molecular weight is 368 g/mol. The average Bonchev–Trinajstić information content (AvgIpc) is 2.71. The van der Waals surface area contributed by atoms with Crippen molar-refractivity contribution in [1.82, 2.24) is 9.55 Å². The maximum Gasteiger partial charge on any atom is 0.368 e. The van der Waals surface area contributed by atoms with Crippen LogP contribution in [0.25, 0.3) is 10.9 Å². The lowest BCUT2D eigenvalue weighted by Gasteiger charge is -2.30. The summed E-state index contributed by atoms with van der Waals surface area (Å²) in [6.45, 7) is 3.79. The summed E-state index contributed by atoms with van der Waals surface area (Å²) in [6, 6.07) is 16.8. The maximum atomic E-state index is 12.5. The van der Waals surface area contributed by atoms with Gasteiger partial charge in [-0.3, -0.25) is 9.74 Å². The Hall–Kier alpha value is -3.02. The van der Waals surface area contributed by atoms with Gasteiger partial charge in [-0.1, -0.05) is 56.3 Å². The SMILES string of the molecule is CCC(C)(Cc1nc(=O)c2ccccc2n1CC(=O)OF)c1ccccc1. The summed E-state index contributed by atoms with van der Waals surface area (Å²) in [7, 11) is 0. The van der Waals surface area contributed by atoms with Gasteiger partial charge in [0.2, 0.25) is 0 Å². The van der Waals surface area contributed by atoms with Gasteiger partial charge in [0.25, 0.3) is 5.56 Å². The third-order valence-electron chi connectivity index (χ3n) is 5.14. The molecule has 1 unspecified atom stereocenters. The van der Waals surface area contributed by atoms with Crippen LogP contribution in [0, 0.1) is 0 Å². The molecule has 0 aliphatic carbocycles. The first-order chi connectivity index (χ1) is 13.0. The summed E-state index contributed by atoms with van der Waals surface area (Å²) in [4.78, 5) is 31.7. The summed E-state index contributed by atoms with van der Waals surface area (Å²) < 4.78 is 14.0. The molecule has 1 atom stereocenters. The fourth-order valence-corrected chi connectivity index (χ4v) is 3.35. The van der Waals surface area contributed by atoms with Crippen LogP contribution in [-0.4, -0.2) is 15.5 Å². The zero-order chi connectivity index (χ0) is 19.4. The minimum atomic E-state index is -1.04. The summed E-state index contributed by atoms with van der Waals surface area (Å²) in [6.07, 6.45) is 1.22. The predicted octanol–water partition coefficient (Wildman–Crippen LogP) is 3.73. The van der Waals surface area contributed by atoms with Crippen molar-refractivity contribution in [1.29, 1.82) is 0 Å². The molecule has 0 saturated heterocycles. The van der Waals surface area contributed by atoms with E-state index in [-0.39, 0.29) is 17.5 Å². The van der Waals surface area contributed by atoms with E-state index in [4.69, 9.17) is 0 Å². The molecule has 0 amide bonds. The van der Waals surface area contributed by atoms with Gasteiger partial charge in [-0.15, -0.1) is 0 Å².